The van der Waals surface area contributed by atoms with Gasteiger partial charge in [-0.05, 0) is 30.7 Å². The lowest BCUT2D eigenvalue weighted by atomic mass is 10.1. The largest absolute Gasteiger partial charge is 0.366 e. The first kappa shape index (κ1) is 16.2. The van der Waals surface area contributed by atoms with Gasteiger partial charge in [0, 0.05) is 17.7 Å². The minimum absolute atomic E-state index is 0.102. The minimum atomic E-state index is -0.482. The number of hydrogen-bond donors (Lipinski definition) is 2. The van der Waals surface area contributed by atoms with Crippen LogP contribution in [-0.4, -0.2) is 18.4 Å². The summed E-state index contributed by atoms with van der Waals surface area (Å²) in [4.78, 5) is 22.8. The molecule has 0 bridgehead atoms. The molecule has 3 N–H and O–H groups in total. The molecule has 0 heterocycles. The van der Waals surface area contributed by atoms with Crippen LogP contribution >= 0.6 is 0 Å². The number of hydrogen-bond acceptors (Lipinski definition) is 2. The molecule has 4 nitrogen and oxygen atoms in total. The van der Waals surface area contributed by atoms with Crippen LogP contribution in [0, 0.1) is 0 Å². The van der Waals surface area contributed by atoms with Crippen LogP contribution in [0.15, 0.2) is 24.3 Å². The molecule has 0 aliphatic carbocycles. The Labute approximate surface area is 120 Å². The lowest BCUT2D eigenvalue weighted by molar-refractivity contribution is 0.0950. The molecule has 4 heteroatoms. The topological polar surface area (TPSA) is 72.2 Å². The molecule has 0 aromatic heterocycles. The zero-order valence-electron chi connectivity index (χ0n) is 12.2. The van der Waals surface area contributed by atoms with E-state index in [1.807, 2.05) is 0 Å². The highest BCUT2D eigenvalue weighted by molar-refractivity contribution is 5.97. The average molecular weight is 276 g/mol. The monoisotopic (exact) mass is 276 g/mol. The molecule has 20 heavy (non-hydrogen) atoms. The lowest BCUT2D eigenvalue weighted by Gasteiger charge is -2.05. The third kappa shape index (κ3) is 5.87. The smallest absolute Gasteiger partial charge is 0.251 e. The van der Waals surface area contributed by atoms with Crippen LogP contribution < -0.4 is 11.1 Å². The molecule has 0 radical (unpaired) electrons. The maximum absolute atomic E-state index is 11.8. The molecule has 0 spiro atoms. The first-order valence-electron chi connectivity index (χ1n) is 7.33. The summed E-state index contributed by atoms with van der Waals surface area (Å²) < 4.78 is 0. The maximum Gasteiger partial charge on any atom is 0.251 e. The molecular weight excluding hydrogens is 252 g/mol. The second-order valence-corrected chi connectivity index (χ2v) is 4.97. The van der Waals surface area contributed by atoms with Gasteiger partial charge in [-0.2, -0.15) is 0 Å². The van der Waals surface area contributed by atoms with Crippen LogP contribution in [0.1, 0.15) is 66.2 Å². The van der Waals surface area contributed by atoms with Gasteiger partial charge in [0.05, 0.1) is 0 Å². The van der Waals surface area contributed by atoms with Crippen molar-refractivity contribution in [2.75, 3.05) is 6.54 Å². The number of unbranched alkanes of at least 4 members (excludes halogenated alkanes) is 5. The van der Waals surface area contributed by atoms with E-state index < -0.39 is 5.91 Å². The molecule has 0 aliphatic heterocycles. The fourth-order valence-corrected chi connectivity index (χ4v) is 2.00. The SMILES string of the molecule is CCCCCCCCNC(=O)c1ccc(C(N)=O)cc1. The summed E-state index contributed by atoms with van der Waals surface area (Å²) in [6.45, 7) is 2.90. The third-order valence-corrected chi connectivity index (χ3v) is 3.25. The summed E-state index contributed by atoms with van der Waals surface area (Å²) in [6.07, 6.45) is 7.21. The normalized spacial score (nSPS) is 10.2. The molecule has 0 unspecified atom stereocenters. The van der Waals surface area contributed by atoms with Crippen LogP contribution in [0.5, 0.6) is 0 Å². The highest BCUT2D eigenvalue weighted by Gasteiger charge is 2.06. The molecule has 0 aliphatic rings. The number of primary amides is 1. The quantitative estimate of drug-likeness (QED) is 0.681. The molecule has 110 valence electrons. The molecule has 1 aromatic rings. The number of nitrogens with two attached hydrogens (primary N) is 1. The minimum Gasteiger partial charge on any atom is -0.366 e. The predicted molar refractivity (Wildman–Crippen MR) is 80.7 cm³/mol. The van der Waals surface area contributed by atoms with Gasteiger partial charge >= 0.3 is 0 Å². The summed E-state index contributed by atoms with van der Waals surface area (Å²) in [7, 11) is 0. The van der Waals surface area contributed by atoms with Crippen molar-refractivity contribution in [3.63, 3.8) is 0 Å². The molecule has 0 saturated heterocycles. The third-order valence-electron chi connectivity index (χ3n) is 3.25. The second-order valence-electron chi connectivity index (χ2n) is 4.97. The number of benzene rings is 1. The van der Waals surface area contributed by atoms with Crippen LogP contribution in [0.3, 0.4) is 0 Å². The number of nitrogens with one attached hydrogen (secondary N) is 1. The van der Waals surface area contributed by atoms with Crippen molar-refractivity contribution in [3.05, 3.63) is 35.4 Å². The summed E-state index contributed by atoms with van der Waals surface area (Å²) in [5.74, 6) is -0.585. The van der Waals surface area contributed by atoms with Crippen molar-refractivity contribution in [2.45, 2.75) is 45.4 Å². The van der Waals surface area contributed by atoms with Gasteiger partial charge in [0.2, 0.25) is 5.91 Å². The Hall–Kier alpha value is -1.84. The van der Waals surface area contributed by atoms with Gasteiger partial charge in [0.15, 0.2) is 0 Å². The van der Waals surface area contributed by atoms with Crippen molar-refractivity contribution in [3.8, 4) is 0 Å². The summed E-state index contributed by atoms with van der Waals surface area (Å²) in [5, 5.41) is 2.88. The van der Waals surface area contributed by atoms with Crippen molar-refractivity contribution < 1.29 is 9.59 Å². The molecule has 2 amide bonds. The Balaban J connectivity index is 2.24. The summed E-state index contributed by atoms with van der Waals surface area (Å²) >= 11 is 0. The molecule has 0 fully saturated rings. The second kappa shape index (κ2) is 9.13. The summed E-state index contributed by atoms with van der Waals surface area (Å²) in [5.41, 5.74) is 6.12. The van der Waals surface area contributed by atoms with E-state index in [-0.39, 0.29) is 5.91 Å². The van der Waals surface area contributed by atoms with E-state index >= 15 is 0 Å². The standard InChI is InChI=1S/C16H24N2O2/c1-2-3-4-5-6-7-12-18-16(20)14-10-8-13(9-11-14)15(17)19/h8-11H,2-7,12H2,1H3,(H2,17,19)(H,18,20). The number of amides is 2. The van der Waals surface area contributed by atoms with Gasteiger partial charge in [0.25, 0.3) is 5.91 Å². The maximum atomic E-state index is 11.8. The Morgan fingerprint density at radius 1 is 0.950 bits per heavy atom. The van der Waals surface area contributed by atoms with Crippen molar-refractivity contribution in [1.82, 2.24) is 5.32 Å². The fraction of sp³-hybridized carbons (Fsp3) is 0.500. The molecule has 1 rings (SSSR count). The first-order chi connectivity index (χ1) is 9.65. The van der Waals surface area contributed by atoms with E-state index in [0.29, 0.717) is 17.7 Å². The average Bonchev–Trinajstić information content (AvgIpc) is 2.46. The lowest BCUT2D eigenvalue weighted by Crippen LogP contribution is -2.24. The Kier molecular flexibility index (Phi) is 7.40. The molecule has 0 atom stereocenters. The van der Waals surface area contributed by atoms with Gasteiger partial charge < -0.3 is 11.1 Å². The van der Waals surface area contributed by atoms with Crippen LogP contribution in [0.25, 0.3) is 0 Å². The van der Waals surface area contributed by atoms with Gasteiger partial charge in [0.1, 0.15) is 0 Å². The number of carbonyl (C=O) groups excluding carboxylic acids is 2. The highest BCUT2D eigenvalue weighted by Crippen LogP contribution is 2.06. The summed E-state index contributed by atoms with van der Waals surface area (Å²) in [6, 6.07) is 6.39. The Bertz CT molecular complexity index is 427. The molecule has 0 saturated carbocycles. The van der Waals surface area contributed by atoms with Crippen LogP contribution in [-0.2, 0) is 0 Å². The zero-order valence-corrected chi connectivity index (χ0v) is 12.2. The van der Waals surface area contributed by atoms with Crippen molar-refractivity contribution >= 4 is 11.8 Å². The van der Waals surface area contributed by atoms with Gasteiger partial charge in [-0.1, -0.05) is 39.0 Å². The molecular formula is C16H24N2O2. The van der Waals surface area contributed by atoms with Crippen LogP contribution in [0.2, 0.25) is 0 Å². The van der Waals surface area contributed by atoms with Crippen molar-refractivity contribution in [1.29, 1.82) is 0 Å². The van der Waals surface area contributed by atoms with E-state index in [9.17, 15) is 9.59 Å². The van der Waals surface area contributed by atoms with Crippen LogP contribution in [0.4, 0.5) is 0 Å². The van der Waals surface area contributed by atoms with E-state index in [2.05, 4.69) is 12.2 Å². The predicted octanol–water partition coefficient (Wildman–Crippen LogP) is 2.88. The van der Waals surface area contributed by atoms with Crippen molar-refractivity contribution in [2.24, 2.45) is 5.73 Å². The zero-order chi connectivity index (χ0) is 14.8. The van der Waals surface area contributed by atoms with Gasteiger partial charge in [-0.15, -0.1) is 0 Å². The fourth-order valence-electron chi connectivity index (χ4n) is 2.00. The molecule has 1 aromatic carbocycles. The Morgan fingerprint density at radius 2 is 1.50 bits per heavy atom. The van der Waals surface area contributed by atoms with E-state index in [1.54, 1.807) is 24.3 Å². The van der Waals surface area contributed by atoms with E-state index in [0.717, 1.165) is 12.8 Å². The highest BCUT2D eigenvalue weighted by atomic mass is 16.2. The first-order valence-corrected chi connectivity index (χ1v) is 7.33. The van der Waals surface area contributed by atoms with E-state index in [4.69, 9.17) is 5.73 Å². The number of rotatable bonds is 9. The van der Waals surface area contributed by atoms with E-state index in [1.165, 1.54) is 25.7 Å². The van der Waals surface area contributed by atoms with Gasteiger partial charge in [-0.3, -0.25) is 9.59 Å². The number of carbonyl (C=O) groups is 2. The van der Waals surface area contributed by atoms with Gasteiger partial charge in [-0.25, -0.2) is 0 Å². The Morgan fingerprint density at radius 3 is 2.10 bits per heavy atom.